The largest absolute Gasteiger partial charge is 0.484 e. The summed E-state index contributed by atoms with van der Waals surface area (Å²) < 4.78 is 5.38. The second-order valence-corrected chi connectivity index (χ2v) is 5.75. The molecule has 1 aliphatic carbocycles. The number of nitrogens with one attached hydrogen (secondary N) is 1. The minimum absolute atomic E-state index is 0.0477. The van der Waals surface area contributed by atoms with Crippen LogP contribution < -0.4 is 10.1 Å². The number of ether oxygens (including phenoxy) is 1. The SMILES string of the molecule is CC(O)(CNC1CC1)COc1cc(Cl)ccc1[N+](=O)[O-]. The third-order valence-electron chi connectivity index (χ3n) is 3.01. The molecular weight excluding hydrogens is 284 g/mol. The van der Waals surface area contributed by atoms with Crippen LogP contribution in [-0.2, 0) is 0 Å². The Morgan fingerprint density at radius 3 is 2.90 bits per heavy atom. The van der Waals surface area contributed by atoms with E-state index in [0.29, 0.717) is 17.6 Å². The molecule has 0 radical (unpaired) electrons. The Morgan fingerprint density at radius 1 is 1.60 bits per heavy atom. The highest BCUT2D eigenvalue weighted by molar-refractivity contribution is 6.30. The molecule has 6 nitrogen and oxygen atoms in total. The van der Waals surface area contributed by atoms with Gasteiger partial charge >= 0.3 is 5.69 Å². The lowest BCUT2D eigenvalue weighted by Gasteiger charge is -2.23. The maximum atomic E-state index is 10.9. The molecule has 0 heterocycles. The van der Waals surface area contributed by atoms with Gasteiger partial charge in [0.05, 0.1) is 4.92 Å². The quantitative estimate of drug-likeness (QED) is 0.595. The van der Waals surface area contributed by atoms with E-state index in [9.17, 15) is 15.2 Å². The topological polar surface area (TPSA) is 84.6 Å². The van der Waals surface area contributed by atoms with Crippen molar-refractivity contribution >= 4 is 17.3 Å². The lowest BCUT2D eigenvalue weighted by atomic mass is 10.1. The summed E-state index contributed by atoms with van der Waals surface area (Å²) in [4.78, 5) is 10.3. The van der Waals surface area contributed by atoms with Crippen LogP contribution in [0.3, 0.4) is 0 Å². The summed E-state index contributed by atoms with van der Waals surface area (Å²) in [5.41, 5.74) is -1.26. The van der Waals surface area contributed by atoms with Crippen molar-refractivity contribution in [1.82, 2.24) is 5.32 Å². The third kappa shape index (κ3) is 4.33. The first-order valence-electron chi connectivity index (χ1n) is 6.40. The number of halogens is 1. The zero-order valence-electron chi connectivity index (χ0n) is 11.1. The monoisotopic (exact) mass is 300 g/mol. The van der Waals surface area contributed by atoms with Crippen LogP contribution in [-0.4, -0.2) is 34.8 Å². The second kappa shape index (κ2) is 5.95. The Morgan fingerprint density at radius 2 is 2.30 bits per heavy atom. The lowest BCUT2D eigenvalue weighted by Crippen LogP contribution is -2.43. The fraction of sp³-hybridized carbons (Fsp3) is 0.538. The molecule has 1 atom stereocenters. The summed E-state index contributed by atoms with van der Waals surface area (Å²) in [5.74, 6) is 0.0641. The van der Waals surface area contributed by atoms with E-state index in [1.54, 1.807) is 6.92 Å². The molecule has 0 saturated heterocycles. The van der Waals surface area contributed by atoms with Gasteiger partial charge in [-0.05, 0) is 25.8 Å². The van der Waals surface area contributed by atoms with E-state index in [0.717, 1.165) is 12.8 Å². The van der Waals surface area contributed by atoms with Crippen molar-refractivity contribution in [3.63, 3.8) is 0 Å². The van der Waals surface area contributed by atoms with Gasteiger partial charge in [0, 0.05) is 29.7 Å². The molecule has 1 aliphatic rings. The van der Waals surface area contributed by atoms with Gasteiger partial charge in [-0.2, -0.15) is 0 Å². The number of rotatable bonds is 7. The van der Waals surface area contributed by atoms with Crippen molar-refractivity contribution in [2.75, 3.05) is 13.2 Å². The summed E-state index contributed by atoms with van der Waals surface area (Å²) >= 11 is 5.81. The zero-order chi connectivity index (χ0) is 14.8. The van der Waals surface area contributed by atoms with Crippen molar-refractivity contribution in [3.8, 4) is 5.75 Å². The van der Waals surface area contributed by atoms with Crippen LogP contribution in [0.2, 0.25) is 5.02 Å². The van der Waals surface area contributed by atoms with Crippen molar-refractivity contribution < 1.29 is 14.8 Å². The van der Waals surface area contributed by atoms with Crippen LogP contribution in [0, 0.1) is 10.1 Å². The average molecular weight is 301 g/mol. The molecule has 0 spiro atoms. The molecule has 20 heavy (non-hydrogen) atoms. The normalized spacial score (nSPS) is 17.6. The number of hydrogen-bond acceptors (Lipinski definition) is 5. The van der Waals surface area contributed by atoms with Gasteiger partial charge in [-0.1, -0.05) is 11.6 Å². The highest BCUT2D eigenvalue weighted by Gasteiger charge is 2.28. The van der Waals surface area contributed by atoms with E-state index in [4.69, 9.17) is 16.3 Å². The predicted octanol–water partition coefficient (Wildman–Crippen LogP) is 2.13. The first-order chi connectivity index (χ1) is 9.37. The second-order valence-electron chi connectivity index (χ2n) is 5.31. The van der Waals surface area contributed by atoms with Crippen LogP contribution in [0.25, 0.3) is 0 Å². The number of aliphatic hydroxyl groups is 1. The smallest absolute Gasteiger partial charge is 0.311 e. The van der Waals surface area contributed by atoms with E-state index >= 15 is 0 Å². The molecule has 1 fully saturated rings. The van der Waals surface area contributed by atoms with E-state index in [-0.39, 0.29) is 18.0 Å². The van der Waals surface area contributed by atoms with Crippen LogP contribution in [0.1, 0.15) is 19.8 Å². The zero-order valence-corrected chi connectivity index (χ0v) is 11.9. The molecule has 0 bridgehead atoms. The van der Waals surface area contributed by atoms with E-state index in [1.165, 1.54) is 18.2 Å². The number of hydrogen-bond donors (Lipinski definition) is 2. The van der Waals surface area contributed by atoms with Crippen LogP contribution in [0.5, 0.6) is 5.75 Å². The molecule has 2 rings (SSSR count). The van der Waals surface area contributed by atoms with Crippen LogP contribution in [0.15, 0.2) is 18.2 Å². The van der Waals surface area contributed by atoms with Gasteiger partial charge in [0.1, 0.15) is 12.2 Å². The van der Waals surface area contributed by atoms with Crippen molar-refractivity contribution in [1.29, 1.82) is 0 Å². The molecule has 2 N–H and O–H groups in total. The van der Waals surface area contributed by atoms with Crippen molar-refractivity contribution in [2.45, 2.75) is 31.4 Å². The van der Waals surface area contributed by atoms with Gasteiger partial charge in [-0.25, -0.2) is 0 Å². The van der Waals surface area contributed by atoms with E-state index in [2.05, 4.69) is 5.32 Å². The fourth-order valence-electron chi connectivity index (χ4n) is 1.69. The number of nitro groups is 1. The van der Waals surface area contributed by atoms with E-state index < -0.39 is 10.5 Å². The Hall–Kier alpha value is -1.37. The average Bonchev–Trinajstić information content (AvgIpc) is 3.18. The lowest BCUT2D eigenvalue weighted by molar-refractivity contribution is -0.386. The Labute approximate surface area is 121 Å². The van der Waals surface area contributed by atoms with Gasteiger partial charge in [-0.15, -0.1) is 0 Å². The molecule has 0 aliphatic heterocycles. The molecule has 110 valence electrons. The van der Waals surface area contributed by atoms with Gasteiger partial charge in [0.25, 0.3) is 0 Å². The highest BCUT2D eigenvalue weighted by atomic mass is 35.5. The van der Waals surface area contributed by atoms with Crippen LogP contribution in [0.4, 0.5) is 5.69 Å². The first kappa shape index (κ1) is 15.0. The summed E-state index contributed by atoms with van der Waals surface area (Å²) in [5, 5.41) is 24.6. The maximum absolute atomic E-state index is 10.9. The Bertz CT molecular complexity index is 503. The molecule has 1 aromatic carbocycles. The van der Waals surface area contributed by atoms with Crippen molar-refractivity contribution in [3.05, 3.63) is 33.3 Å². The van der Waals surface area contributed by atoms with Gasteiger partial charge in [0.15, 0.2) is 5.75 Å². The first-order valence-corrected chi connectivity index (χ1v) is 6.78. The van der Waals surface area contributed by atoms with Gasteiger partial charge in [0.2, 0.25) is 0 Å². The number of nitro benzene ring substituents is 1. The Kier molecular flexibility index (Phi) is 4.47. The van der Waals surface area contributed by atoms with Gasteiger partial charge in [-0.3, -0.25) is 10.1 Å². The molecule has 1 unspecified atom stereocenters. The highest BCUT2D eigenvalue weighted by Crippen LogP contribution is 2.30. The fourth-order valence-corrected chi connectivity index (χ4v) is 1.85. The van der Waals surface area contributed by atoms with Gasteiger partial charge < -0.3 is 15.2 Å². The van der Waals surface area contributed by atoms with E-state index in [1.807, 2.05) is 0 Å². The summed E-state index contributed by atoms with van der Waals surface area (Å²) in [7, 11) is 0. The number of benzene rings is 1. The molecule has 1 saturated carbocycles. The molecule has 1 aromatic rings. The molecule has 7 heteroatoms. The minimum atomic E-state index is -1.10. The molecular formula is C13H17ClN2O4. The predicted molar refractivity (Wildman–Crippen MR) is 75.2 cm³/mol. The van der Waals surface area contributed by atoms with Crippen molar-refractivity contribution in [2.24, 2.45) is 0 Å². The standard InChI is InChI=1S/C13H17ClN2O4/c1-13(17,7-15-10-3-4-10)8-20-12-6-9(14)2-5-11(12)16(18)19/h2,5-6,10,15,17H,3-4,7-8H2,1H3. The summed E-state index contributed by atoms with van der Waals surface area (Å²) in [6, 6.07) is 4.57. The summed E-state index contributed by atoms with van der Waals surface area (Å²) in [6.45, 7) is 1.96. The van der Waals surface area contributed by atoms with Crippen LogP contribution >= 0.6 is 11.6 Å². The minimum Gasteiger partial charge on any atom is -0.484 e. The molecule has 0 aromatic heterocycles. The summed E-state index contributed by atoms with van der Waals surface area (Å²) in [6.07, 6.45) is 2.24. The maximum Gasteiger partial charge on any atom is 0.311 e. The molecule has 0 amide bonds. The number of nitrogens with zero attached hydrogens (tertiary/aromatic N) is 1. The third-order valence-corrected chi connectivity index (χ3v) is 3.24. The Balaban J connectivity index is 1.97.